The molecule has 168 valence electrons. The maximum atomic E-state index is 13.4. The van der Waals surface area contributed by atoms with Crippen molar-refractivity contribution >= 4 is 41.2 Å². The van der Waals surface area contributed by atoms with Crippen LogP contribution < -0.4 is 10.5 Å². The first-order valence-electron chi connectivity index (χ1n) is 11.3. The Hall–Kier alpha value is -4.90. The highest BCUT2D eigenvalue weighted by Gasteiger charge is 2.16. The quantitative estimate of drug-likeness (QED) is 0.307. The number of aliphatic imine (C=N–C) groups is 1. The fourth-order valence-electron chi connectivity index (χ4n) is 3.63. The fourth-order valence-corrected chi connectivity index (χ4v) is 3.63. The Morgan fingerprint density at radius 1 is 0.657 bits per heavy atom. The summed E-state index contributed by atoms with van der Waals surface area (Å²) in [5.74, 6) is 0.558. The monoisotopic (exact) mass is 455 g/mol. The molecule has 0 aliphatic carbocycles. The van der Waals surface area contributed by atoms with Crippen molar-refractivity contribution in [2.75, 3.05) is 0 Å². The Kier molecular flexibility index (Phi) is 6.49. The number of aromatic amines is 1. The van der Waals surface area contributed by atoms with Crippen molar-refractivity contribution < 1.29 is 4.98 Å². The van der Waals surface area contributed by atoms with Gasteiger partial charge in [0.2, 0.25) is 0 Å². The predicted octanol–water partition coefficient (Wildman–Crippen LogP) is 5.62. The molecule has 5 aromatic rings. The maximum Gasteiger partial charge on any atom is 0.370 e. The molecule has 5 rings (SSSR count). The number of H-pyrrole nitrogens is 1. The van der Waals surface area contributed by atoms with Crippen LogP contribution in [0.3, 0.4) is 0 Å². The number of fused-ring (bicyclic) bond motifs is 1. The maximum absolute atomic E-state index is 13.4. The molecule has 5 nitrogen and oxygen atoms in total. The molecule has 0 saturated heterocycles. The number of rotatable bonds is 6. The molecular formula is C30H23N4O+. The molecule has 5 heteroatoms. The second-order valence-corrected chi connectivity index (χ2v) is 7.93. The van der Waals surface area contributed by atoms with Crippen LogP contribution in [-0.2, 0) is 0 Å². The summed E-state index contributed by atoms with van der Waals surface area (Å²) < 4.78 is 1.39. The zero-order valence-corrected chi connectivity index (χ0v) is 19.0. The molecule has 0 aliphatic rings. The second-order valence-electron chi connectivity index (χ2n) is 7.93. The summed E-state index contributed by atoms with van der Waals surface area (Å²) in [6, 6.07) is 35.0. The van der Waals surface area contributed by atoms with E-state index in [9.17, 15) is 4.79 Å². The molecule has 0 unspecified atom stereocenters. The van der Waals surface area contributed by atoms with Gasteiger partial charge in [0.25, 0.3) is 0 Å². The van der Waals surface area contributed by atoms with E-state index in [2.05, 4.69) is 15.1 Å². The Labute approximate surface area is 203 Å². The smallest absolute Gasteiger partial charge is 0.256 e. The average molecular weight is 456 g/mol. The Balaban J connectivity index is 1.59. The average Bonchev–Trinajstić information content (AvgIpc) is 2.92. The van der Waals surface area contributed by atoms with Crippen molar-refractivity contribution in [1.29, 1.82) is 0 Å². The van der Waals surface area contributed by atoms with Gasteiger partial charge < -0.3 is 0 Å². The van der Waals surface area contributed by atoms with Crippen LogP contribution in [0.25, 0.3) is 23.1 Å². The number of hydrogen-bond acceptors (Lipinski definition) is 3. The van der Waals surface area contributed by atoms with Crippen LogP contribution in [0.1, 0.15) is 22.5 Å². The summed E-state index contributed by atoms with van der Waals surface area (Å²) in [5.41, 5.74) is 4.17. The Morgan fingerprint density at radius 2 is 1.26 bits per heavy atom. The topological polar surface area (TPSA) is 60.9 Å². The molecule has 0 saturated carbocycles. The molecule has 4 aromatic carbocycles. The minimum absolute atomic E-state index is 0.211. The van der Waals surface area contributed by atoms with E-state index in [1.807, 2.05) is 121 Å². The number of nitrogens with zero attached hydrogens (tertiary/aromatic N) is 3. The van der Waals surface area contributed by atoms with Crippen LogP contribution in [0.4, 0.5) is 5.69 Å². The van der Waals surface area contributed by atoms with Gasteiger partial charge in [0, 0.05) is 18.4 Å². The lowest BCUT2D eigenvalue weighted by Crippen LogP contribution is -2.28. The first-order valence-corrected chi connectivity index (χ1v) is 11.3. The summed E-state index contributed by atoms with van der Waals surface area (Å²) in [6.45, 7) is 0. The second kappa shape index (κ2) is 10.4. The Bertz CT molecular complexity index is 1590. The van der Waals surface area contributed by atoms with Crippen molar-refractivity contribution in [3.63, 3.8) is 0 Å². The van der Waals surface area contributed by atoms with Crippen LogP contribution in [-0.4, -0.2) is 17.1 Å². The van der Waals surface area contributed by atoms with Gasteiger partial charge in [-0.05, 0) is 34.9 Å². The lowest BCUT2D eigenvalue weighted by atomic mass is 10.2. The molecule has 0 spiro atoms. The first-order chi connectivity index (χ1) is 17.3. The van der Waals surface area contributed by atoms with Gasteiger partial charge in [-0.1, -0.05) is 101 Å². The summed E-state index contributed by atoms with van der Waals surface area (Å²) in [4.78, 5) is 21.4. The molecule has 0 bridgehead atoms. The lowest BCUT2D eigenvalue weighted by molar-refractivity contribution is -0.356. The summed E-state index contributed by atoms with van der Waals surface area (Å²) in [6.07, 6.45) is 7.30. The zero-order valence-electron chi connectivity index (χ0n) is 19.0. The van der Waals surface area contributed by atoms with Crippen LogP contribution in [0.5, 0.6) is 0 Å². The number of aromatic nitrogens is 2. The third-order valence-electron chi connectivity index (χ3n) is 5.43. The fraction of sp³-hybridized carbons (Fsp3) is 0. The Morgan fingerprint density at radius 3 is 1.91 bits per heavy atom. The molecule has 0 fully saturated rings. The van der Waals surface area contributed by atoms with E-state index in [4.69, 9.17) is 0 Å². The van der Waals surface area contributed by atoms with E-state index >= 15 is 0 Å². The van der Waals surface area contributed by atoms with Crippen molar-refractivity contribution in [2.24, 2.45) is 10.1 Å². The van der Waals surface area contributed by atoms with E-state index in [1.54, 1.807) is 12.3 Å². The van der Waals surface area contributed by atoms with Gasteiger partial charge in [-0.2, -0.15) is 0 Å². The standard InChI is InChI=1S/C30H22N4O/c35-30-27-18-17-26(31-21-24-12-6-2-7-13-24)20-28(27)33-29(19-16-23-10-4-1-5-11-23)34(30)32-22-25-14-8-3-9-15-25/h1-22H/p+1/b19-16-,31-21?,32-22+. The minimum atomic E-state index is -0.211. The number of nitrogens with one attached hydrogen (secondary N) is 1. The molecule has 1 N–H and O–H groups in total. The van der Waals surface area contributed by atoms with Gasteiger partial charge in [-0.25, -0.2) is 9.78 Å². The number of hydrogen-bond donors (Lipinski definition) is 0. The van der Waals surface area contributed by atoms with Crippen molar-refractivity contribution in [2.45, 2.75) is 0 Å². The summed E-state index contributed by atoms with van der Waals surface area (Å²) in [5, 5.41) is 5.04. The largest absolute Gasteiger partial charge is 0.370 e. The SMILES string of the molecule is O=c1c2ccc(N=Cc3ccccc3)cc2[nH+]c(/C=C\c2ccccc2)n1/N=C/c1ccccc1. The van der Waals surface area contributed by atoms with E-state index in [0.29, 0.717) is 16.7 Å². The van der Waals surface area contributed by atoms with Crippen LogP contribution in [0.2, 0.25) is 0 Å². The van der Waals surface area contributed by atoms with Gasteiger partial charge >= 0.3 is 11.4 Å². The van der Waals surface area contributed by atoms with E-state index in [1.165, 1.54) is 4.68 Å². The third-order valence-corrected chi connectivity index (χ3v) is 5.43. The van der Waals surface area contributed by atoms with Gasteiger partial charge in [0.1, 0.15) is 10.9 Å². The molecule has 0 amide bonds. The van der Waals surface area contributed by atoms with Gasteiger partial charge in [-0.15, -0.1) is 0 Å². The highest BCUT2D eigenvalue weighted by Crippen LogP contribution is 2.17. The molecule has 35 heavy (non-hydrogen) atoms. The van der Waals surface area contributed by atoms with Crippen molar-refractivity contribution in [3.05, 3.63) is 142 Å². The lowest BCUT2D eigenvalue weighted by Gasteiger charge is -2.01. The van der Waals surface area contributed by atoms with Crippen molar-refractivity contribution in [3.8, 4) is 0 Å². The number of benzene rings is 4. The molecule has 0 aliphatic heterocycles. The van der Waals surface area contributed by atoms with E-state index in [0.717, 1.165) is 22.4 Å². The van der Waals surface area contributed by atoms with Gasteiger partial charge in [-0.3, -0.25) is 4.99 Å². The first kappa shape index (κ1) is 21.9. The minimum Gasteiger partial charge on any atom is -0.256 e. The van der Waals surface area contributed by atoms with Crippen LogP contribution >= 0.6 is 0 Å². The molecular weight excluding hydrogens is 432 g/mol. The van der Waals surface area contributed by atoms with E-state index < -0.39 is 0 Å². The van der Waals surface area contributed by atoms with E-state index in [-0.39, 0.29) is 5.56 Å². The highest BCUT2D eigenvalue weighted by atomic mass is 16.1. The molecule has 1 heterocycles. The molecule has 1 aromatic heterocycles. The van der Waals surface area contributed by atoms with Crippen LogP contribution in [0.15, 0.2) is 124 Å². The molecule has 0 radical (unpaired) electrons. The van der Waals surface area contributed by atoms with Gasteiger partial charge in [0.15, 0.2) is 0 Å². The summed E-state index contributed by atoms with van der Waals surface area (Å²) >= 11 is 0. The van der Waals surface area contributed by atoms with Crippen LogP contribution in [0, 0.1) is 0 Å². The van der Waals surface area contributed by atoms with Crippen molar-refractivity contribution in [1.82, 2.24) is 4.68 Å². The molecule has 0 atom stereocenters. The predicted molar refractivity (Wildman–Crippen MR) is 143 cm³/mol. The zero-order chi connectivity index (χ0) is 23.9. The highest BCUT2D eigenvalue weighted by molar-refractivity contribution is 5.85. The third kappa shape index (κ3) is 5.37. The summed E-state index contributed by atoms with van der Waals surface area (Å²) in [7, 11) is 0. The normalized spacial score (nSPS) is 11.8. The van der Waals surface area contributed by atoms with Gasteiger partial charge in [0.05, 0.1) is 11.9 Å².